The fraction of sp³-hybridized carbons (Fsp3) is 0.800. The number of hydrogen-bond donors (Lipinski definition) is 0. The van der Waals surface area contributed by atoms with Crippen LogP contribution in [0.3, 0.4) is 0 Å². The molecule has 1 heterocycles. The van der Waals surface area contributed by atoms with Crippen molar-refractivity contribution in [2.24, 2.45) is 0 Å². The van der Waals surface area contributed by atoms with Gasteiger partial charge < -0.3 is 4.74 Å². The molecule has 13 heavy (non-hydrogen) atoms. The fourth-order valence-corrected chi connectivity index (χ4v) is 3.29. The van der Waals surface area contributed by atoms with Crippen LogP contribution in [0.2, 0.25) is 39.3 Å². The Morgan fingerprint density at radius 2 is 1.54 bits per heavy atom. The van der Waals surface area contributed by atoms with Crippen LogP contribution in [0.15, 0.2) is 0 Å². The molecule has 0 saturated carbocycles. The van der Waals surface area contributed by atoms with Gasteiger partial charge >= 0.3 is 0 Å². The van der Waals surface area contributed by atoms with E-state index in [-0.39, 0.29) is 6.10 Å². The van der Waals surface area contributed by atoms with Crippen molar-refractivity contribution >= 4 is 16.1 Å². The van der Waals surface area contributed by atoms with Crippen LogP contribution in [0.5, 0.6) is 0 Å². The highest BCUT2D eigenvalue weighted by Gasteiger charge is 2.47. The van der Waals surface area contributed by atoms with E-state index in [0.717, 1.165) is 0 Å². The fourth-order valence-electron chi connectivity index (χ4n) is 1.17. The summed E-state index contributed by atoms with van der Waals surface area (Å²) in [6.45, 7) is 13.8. The minimum Gasteiger partial charge on any atom is -0.360 e. The van der Waals surface area contributed by atoms with E-state index >= 15 is 0 Å². The van der Waals surface area contributed by atoms with Crippen LogP contribution in [-0.4, -0.2) is 28.0 Å². The van der Waals surface area contributed by atoms with Gasteiger partial charge in [-0.05, 0) is 0 Å². The molecular weight excluding hydrogens is 192 g/mol. The second-order valence-corrected chi connectivity index (χ2v) is 15.9. The van der Waals surface area contributed by atoms with Crippen LogP contribution < -0.4 is 0 Å². The highest BCUT2D eigenvalue weighted by Crippen LogP contribution is 2.30. The number of ether oxygens (including phenoxy) is 1. The van der Waals surface area contributed by atoms with E-state index in [0.29, 0.717) is 5.73 Å². The molecule has 2 atom stereocenters. The van der Waals surface area contributed by atoms with E-state index in [9.17, 15) is 0 Å². The number of rotatable bonds is 1. The molecular formula is C10H20OSi2. The first-order chi connectivity index (χ1) is 5.70. The molecule has 0 aromatic heterocycles. The smallest absolute Gasteiger partial charge is 0.140 e. The molecule has 0 bridgehead atoms. The minimum absolute atomic E-state index is 0.276. The van der Waals surface area contributed by atoms with Crippen molar-refractivity contribution in [1.29, 1.82) is 0 Å². The third-order valence-electron chi connectivity index (χ3n) is 1.93. The first-order valence-corrected chi connectivity index (χ1v) is 12.0. The van der Waals surface area contributed by atoms with E-state index in [1.54, 1.807) is 0 Å². The third-order valence-corrected chi connectivity index (χ3v) is 4.97. The van der Waals surface area contributed by atoms with Crippen molar-refractivity contribution in [1.82, 2.24) is 0 Å². The van der Waals surface area contributed by atoms with E-state index in [1.165, 1.54) is 0 Å². The topological polar surface area (TPSA) is 12.5 Å². The first-order valence-electron chi connectivity index (χ1n) is 4.88. The SMILES string of the molecule is C[Si](C)(C)C#C[C@@H]1O[C@H]1[Si](C)(C)C. The molecule has 1 saturated heterocycles. The predicted octanol–water partition coefficient (Wildman–Crippen LogP) is 2.51. The standard InChI is InChI=1S/C10H20OSi2/c1-12(2,3)8-7-9-10(11-9)13(4,5)6/h9-10H,1-6H3/t9-,10-/m0/s1. The molecule has 1 fully saturated rings. The van der Waals surface area contributed by atoms with Gasteiger partial charge in [0, 0.05) is 0 Å². The van der Waals surface area contributed by atoms with Crippen LogP contribution in [0, 0.1) is 11.5 Å². The lowest BCUT2D eigenvalue weighted by molar-refractivity contribution is 0.425. The average Bonchev–Trinajstić information content (AvgIpc) is 2.57. The summed E-state index contributed by atoms with van der Waals surface area (Å²) in [5.74, 6) is 3.28. The maximum atomic E-state index is 5.59. The lowest BCUT2D eigenvalue weighted by Crippen LogP contribution is -2.30. The maximum Gasteiger partial charge on any atom is 0.140 e. The quantitative estimate of drug-likeness (QED) is 0.370. The van der Waals surface area contributed by atoms with Gasteiger partial charge in [-0.3, -0.25) is 0 Å². The molecule has 0 spiro atoms. The Kier molecular flexibility index (Phi) is 2.77. The lowest BCUT2D eigenvalue weighted by atomic mass is 10.5. The molecule has 0 aromatic carbocycles. The van der Waals surface area contributed by atoms with Crippen LogP contribution in [-0.2, 0) is 4.74 Å². The molecule has 3 heteroatoms. The van der Waals surface area contributed by atoms with Gasteiger partial charge in [0.05, 0.1) is 13.8 Å². The summed E-state index contributed by atoms with van der Waals surface area (Å²) < 4.78 is 5.59. The van der Waals surface area contributed by atoms with Gasteiger partial charge in [0.25, 0.3) is 0 Å². The Balaban J connectivity index is 2.48. The highest BCUT2D eigenvalue weighted by molar-refractivity contribution is 6.84. The van der Waals surface area contributed by atoms with Gasteiger partial charge in [-0.25, -0.2) is 0 Å². The molecule has 1 aliphatic rings. The molecule has 74 valence electrons. The van der Waals surface area contributed by atoms with E-state index in [1.807, 2.05) is 0 Å². The predicted molar refractivity (Wildman–Crippen MR) is 63.1 cm³/mol. The summed E-state index contributed by atoms with van der Waals surface area (Å²) in [5, 5.41) is 0. The summed E-state index contributed by atoms with van der Waals surface area (Å²) in [6, 6.07) is 0. The van der Waals surface area contributed by atoms with Gasteiger partial charge in [-0.1, -0.05) is 45.2 Å². The van der Waals surface area contributed by atoms with Crippen molar-refractivity contribution in [3.8, 4) is 11.5 Å². The highest BCUT2D eigenvalue weighted by atomic mass is 28.3. The molecule has 0 aromatic rings. The summed E-state index contributed by atoms with van der Waals surface area (Å²) in [7, 11) is -2.29. The normalized spacial score (nSPS) is 27.8. The van der Waals surface area contributed by atoms with E-state index in [2.05, 4.69) is 50.7 Å². The van der Waals surface area contributed by atoms with Crippen molar-refractivity contribution < 1.29 is 4.74 Å². The Morgan fingerprint density at radius 3 is 1.85 bits per heavy atom. The van der Waals surface area contributed by atoms with Gasteiger partial charge in [-0.2, -0.15) is 0 Å². The molecule has 0 N–H and O–H groups in total. The zero-order valence-corrected chi connectivity index (χ0v) is 11.6. The van der Waals surface area contributed by atoms with Crippen molar-refractivity contribution in [2.75, 3.05) is 0 Å². The minimum atomic E-state index is -1.19. The van der Waals surface area contributed by atoms with Gasteiger partial charge in [0.15, 0.2) is 0 Å². The van der Waals surface area contributed by atoms with Crippen LogP contribution in [0.25, 0.3) is 0 Å². The molecule has 1 rings (SSSR count). The maximum absolute atomic E-state index is 5.59. The van der Waals surface area contributed by atoms with E-state index < -0.39 is 16.1 Å². The zero-order chi connectivity index (χ0) is 10.3. The van der Waals surface area contributed by atoms with Crippen molar-refractivity contribution in [3.05, 3.63) is 0 Å². The summed E-state index contributed by atoms with van der Waals surface area (Å²) in [6.07, 6.45) is 0.276. The molecule has 1 nitrogen and oxygen atoms in total. The van der Waals surface area contributed by atoms with Gasteiger partial charge in [-0.15, -0.1) is 5.54 Å². The van der Waals surface area contributed by atoms with Crippen LogP contribution in [0.1, 0.15) is 0 Å². The van der Waals surface area contributed by atoms with Gasteiger partial charge in [0.1, 0.15) is 14.2 Å². The Bertz CT molecular complexity index is 249. The molecule has 0 aliphatic carbocycles. The second-order valence-electron chi connectivity index (χ2n) is 5.86. The molecule has 0 amide bonds. The molecule has 0 unspecified atom stereocenters. The molecule has 0 radical (unpaired) electrons. The lowest BCUT2D eigenvalue weighted by Gasteiger charge is -2.10. The summed E-state index contributed by atoms with van der Waals surface area (Å²) in [4.78, 5) is 0. The van der Waals surface area contributed by atoms with Crippen LogP contribution >= 0.6 is 0 Å². The molecule has 1 aliphatic heterocycles. The average molecular weight is 212 g/mol. The Hall–Kier alpha value is -0.0462. The monoisotopic (exact) mass is 212 g/mol. The van der Waals surface area contributed by atoms with Crippen molar-refractivity contribution in [2.45, 2.75) is 51.1 Å². The van der Waals surface area contributed by atoms with Gasteiger partial charge in [0.2, 0.25) is 0 Å². The number of hydrogen-bond acceptors (Lipinski definition) is 1. The summed E-state index contributed by atoms with van der Waals surface area (Å²) in [5.41, 5.74) is 3.87. The Morgan fingerprint density at radius 1 is 1.00 bits per heavy atom. The largest absolute Gasteiger partial charge is 0.360 e. The third kappa shape index (κ3) is 3.67. The zero-order valence-electron chi connectivity index (χ0n) is 9.56. The van der Waals surface area contributed by atoms with Crippen LogP contribution in [0.4, 0.5) is 0 Å². The summed E-state index contributed by atoms with van der Waals surface area (Å²) >= 11 is 0. The van der Waals surface area contributed by atoms with E-state index in [4.69, 9.17) is 4.74 Å². The Labute approximate surface area is 83.9 Å². The van der Waals surface area contributed by atoms with Crippen molar-refractivity contribution in [3.63, 3.8) is 0 Å². The first kappa shape index (κ1) is 11.0. The number of epoxide rings is 1. The second kappa shape index (κ2) is 3.27.